The van der Waals surface area contributed by atoms with Crippen molar-refractivity contribution in [1.29, 1.82) is 0 Å². The summed E-state index contributed by atoms with van der Waals surface area (Å²) in [6.45, 7) is 0. The fraction of sp³-hybridized carbons (Fsp3) is 0. The number of furan rings is 1. The molecule has 0 aliphatic carbocycles. The Hall–Kier alpha value is -2.57. The molecule has 0 saturated heterocycles. The van der Waals surface area contributed by atoms with E-state index in [9.17, 15) is 9.59 Å². The Kier molecular flexibility index (Phi) is 2.20. The van der Waals surface area contributed by atoms with Crippen molar-refractivity contribution in [3.8, 4) is 5.88 Å². The van der Waals surface area contributed by atoms with Gasteiger partial charge in [-0.05, 0) is 12.1 Å². The van der Waals surface area contributed by atoms with Gasteiger partial charge in [-0.15, -0.1) is 0 Å². The average molecular weight is 221 g/mol. The third-order valence-corrected chi connectivity index (χ3v) is 1.87. The highest BCUT2D eigenvalue weighted by Crippen LogP contribution is 2.12. The predicted octanol–water partition coefficient (Wildman–Crippen LogP) is 0.262. The van der Waals surface area contributed by atoms with E-state index in [0.29, 0.717) is 0 Å². The van der Waals surface area contributed by atoms with Crippen LogP contribution in [0.25, 0.3) is 5.88 Å². The third-order valence-electron chi connectivity index (χ3n) is 1.87. The van der Waals surface area contributed by atoms with E-state index in [-0.39, 0.29) is 17.3 Å². The standard InChI is InChI=1S/C9H7N3O4/c10-8(13)5-3-4-12(11-5)7-2-1-6(16-7)9(14)15/h1-4H,(H2,10,13)(H,14,15). The molecule has 82 valence electrons. The zero-order chi connectivity index (χ0) is 11.7. The molecule has 0 atom stereocenters. The SMILES string of the molecule is NC(=O)c1ccn(-c2ccc(C(=O)O)o2)n1. The Morgan fingerprint density at radius 3 is 2.62 bits per heavy atom. The Morgan fingerprint density at radius 2 is 2.12 bits per heavy atom. The molecule has 0 radical (unpaired) electrons. The van der Waals surface area contributed by atoms with Gasteiger partial charge in [-0.25, -0.2) is 9.48 Å². The van der Waals surface area contributed by atoms with Crippen molar-refractivity contribution in [2.24, 2.45) is 5.73 Å². The number of carbonyl (C=O) groups is 2. The summed E-state index contributed by atoms with van der Waals surface area (Å²) in [5.74, 6) is -1.84. The largest absolute Gasteiger partial charge is 0.475 e. The lowest BCUT2D eigenvalue weighted by atomic mass is 10.4. The molecule has 0 spiro atoms. The molecule has 0 aliphatic heterocycles. The van der Waals surface area contributed by atoms with Gasteiger partial charge in [0.2, 0.25) is 11.6 Å². The molecule has 16 heavy (non-hydrogen) atoms. The molecular weight excluding hydrogens is 214 g/mol. The smallest absolute Gasteiger partial charge is 0.371 e. The summed E-state index contributed by atoms with van der Waals surface area (Å²) in [4.78, 5) is 21.3. The van der Waals surface area contributed by atoms with Gasteiger partial charge in [0, 0.05) is 12.3 Å². The normalized spacial score (nSPS) is 10.2. The van der Waals surface area contributed by atoms with Crippen LogP contribution in [0.15, 0.2) is 28.8 Å². The monoisotopic (exact) mass is 221 g/mol. The van der Waals surface area contributed by atoms with Crippen LogP contribution >= 0.6 is 0 Å². The number of rotatable bonds is 3. The van der Waals surface area contributed by atoms with Crippen molar-refractivity contribution < 1.29 is 19.1 Å². The number of carboxylic acid groups (broad SMARTS) is 1. The lowest BCUT2D eigenvalue weighted by Crippen LogP contribution is -2.12. The van der Waals surface area contributed by atoms with Crippen LogP contribution in [0.2, 0.25) is 0 Å². The minimum absolute atomic E-state index is 0.0771. The van der Waals surface area contributed by atoms with E-state index in [0.717, 1.165) is 0 Å². The highest BCUT2D eigenvalue weighted by Gasteiger charge is 2.12. The molecule has 2 heterocycles. The summed E-state index contributed by atoms with van der Waals surface area (Å²) in [6.07, 6.45) is 1.45. The maximum absolute atomic E-state index is 10.8. The summed E-state index contributed by atoms with van der Waals surface area (Å²) in [7, 11) is 0. The summed E-state index contributed by atoms with van der Waals surface area (Å²) in [6, 6.07) is 4.13. The second-order valence-electron chi connectivity index (χ2n) is 2.95. The molecule has 0 saturated carbocycles. The van der Waals surface area contributed by atoms with Gasteiger partial charge in [-0.3, -0.25) is 4.79 Å². The second-order valence-corrected chi connectivity index (χ2v) is 2.95. The molecule has 2 aromatic rings. The first-order valence-electron chi connectivity index (χ1n) is 4.27. The topological polar surface area (TPSA) is 111 Å². The second kappa shape index (κ2) is 3.54. The van der Waals surface area contributed by atoms with E-state index in [1.807, 2.05) is 0 Å². The van der Waals surface area contributed by atoms with Gasteiger partial charge in [0.15, 0.2) is 0 Å². The first-order chi connectivity index (χ1) is 7.58. The number of carboxylic acids is 1. The van der Waals surface area contributed by atoms with Crippen LogP contribution in [0.3, 0.4) is 0 Å². The molecule has 0 unspecified atom stereocenters. The van der Waals surface area contributed by atoms with Crippen molar-refractivity contribution in [3.05, 3.63) is 35.9 Å². The van der Waals surface area contributed by atoms with E-state index in [4.69, 9.17) is 15.3 Å². The van der Waals surface area contributed by atoms with Crippen LogP contribution in [0.5, 0.6) is 0 Å². The van der Waals surface area contributed by atoms with Crippen molar-refractivity contribution in [3.63, 3.8) is 0 Å². The minimum Gasteiger partial charge on any atom is -0.475 e. The molecule has 0 aromatic carbocycles. The van der Waals surface area contributed by atoms with Crippen LogP contribution in [-0.4, -0.2) is 26.8 Å². The molecule has 3 N–H and O–H groups in total. The van der Waals surface area contributed by atoms with Gasteiger partial charge in [-0.2, -0.15) is 5.10 Å². The van der Waals surface area contributed by atoms with Crippen LogP contribution < -0.4 is 5.73 Å². The highest BCUT2D eigenvalue weighted by atomic mass is 16.4. The number of hydrogen-bond acceptors (Lipinski definition) is 4. The van der Waals surface area contributed by atoms with E-state index in [2.05, 4.69) is 5.10 Å². The van der Waals surface area contributed by atoms with E-state index >= 15 is 0 Å². The van der Waals surface area contributed by atoms with Gasteiger partial charge < -0.3 is 15.3 Å². The Morgan fingerprint density at radius 1 is 1.38 bits per heavy atom. The van der Waals surface area contributed by atoms with Gasteiger partial charge in [-0.1, -0.05) is 0 Å². The number of nitrogens with two attached hydrogens (primary N) is 1. The molecule has 7 heteroatoms. The van der Waals surface area contributed by atoms with E-state index < -0.39 is 11.9 Å². The molecular formula is C9H7N3O4. The van der Waals surface area contributed by atoms with E-state index in [1.54, 1.807) is 0 Å². The molecule has 2 aromatic heterocycles. The lowest BCUT2D eigenvalue weighted by Gasteiger charge is -1.93. The number of amides is 1. The maximum Gasteiger partial charge on any atom is 0.371 e. The van der Waals surface area contributed by atoms with Gasteiger partial charge in [0.1, 0.15) is 5.69 Å². The van der Waals surface area contributed by atoms with Crippen molar-refractivity contribution in [2.45, 2.75) is 0 Å². The third kappa shape index (κ3) is 1.65. The average Bonchev–Trinajstić information content (AvgIpc) is 2.86. The summed E-state index contributed by atoms with van der Waals surface area (Å²) in [5.41, 5.74) is 5.10. The molecule has 0 aliphatic rings. The van der Waals surface area contributed by atoms with Crippen molar-refractivity contribution >= 4 is 11.9 Å². The first kappa shape index (κ1) is 9.97. The fourth-order valence-corrected chi connectivity index (χ4v) is 1.14. The Balaban J connectivity index is 2.35. The number of hydrogen-bond donors (Lipinski definition) is 2. The lowest BCUT2D eigenvalue weighted by molar-refractivity contribution is 0.0661. The van der Waals surface area contributed by atoms with Crippen LogP contribution in [0.1, 0.15) is 21.0 Å². The number of primary amides is 1. The van der Waals surface area contributed by atoms with Crippen molar-refractivity contribution in [2.75, 3.05) is 0 Å². The van der Waals surface area contributed by atoms with Crippen LogP contribution in [0.4, 0.5) is 0 Å². The van der Waals surface area contributed by atoms with Gasteiger partial charge in [0.05, 0.1) is 0 Å². The quantitative estimate of drug-likeness (QED) is 0.772. The molecule has 2 rings (SSSR count). The van der Waals surface area contributed by atoms with Crippen molar-refractivity contribution in [1.82, 2.24) is 9.78 Å². The predicted molar refractivity (Wildman–Crippen MR) is 51.3 cm³/mol. The van der Waals surface area contributed by atoms with Crippen LogP contribution in [0, 0.1) is 0 Å². The summed E-state index contributed by atoms with van der Waals surface area (Å²) in [5, 5.41) is 12.4. The number of carbonyl (C=O) groups excluding carboxylic acids is 1. The zero-order valence-corrected chi connectivity index (χ0v) is 7.95. The summed E-state index contributed by atoms with van der Waals surface area (Å²) >= 11 is 0. The zero-order valence-electron chi connectivity index (χ0n) is 7.95. The first-order valence-corrected chi connectivity index (χ1v) is 4.27. The number of aromatic carboxylic acids is 1. The number of nitrogens with zero attached hydrogens (tertiary/aromatic N) is 2. The highest BCUT2D eigenvalue weighted by molar-refractivity contribution is 5.90. The maximum atomic E-state index is 10.8. The van der Waals surface area contributed by atoms with Crippen LogP contribution in [-0.2, 0) is 0 Å². The summed E-state index contributed by atoms with van der Waals surface area (Å²) < 4.78 is 6.20. The number of aromatic nitrogens is 2. The molecule has 7 nitrogen and oxygen atoms in total. The Bertz CT molecular complexity index is 504. The molecule has 0 bridgehead atoms. The molecule has 0 fully saturated rings. The van der Waals surface area contributed by atoms with E-state index in [1.165, 1.54) is 29.1 Å². The fourth-order valence-electron chi connectivity index (χ4n) is 1.14. The molecule has 1 amide bonds. The minimum atomic E-state index is -1.17. The Labute approximate surface area is 89.1 Å². The van der Waals surface area contributed by atoms with Gasteiger partial charge in [0.25, 0.3) is 5.91 Å². The van der Waals surface area contributed by atoms with Gasteiger partial charge >= 0.3 is 5.97 Å².